The van der Waals surface area contributed by atoms with Crippen LogP contribution in [0.15, 0.2) is 36.4 Å². The molecule has 2 nitrogen and oxygen atoms in total. The van der Waals surface area contributed by atoms with Gasteiger partial charge in [0.25, 0.3) is 0 Å². The predicted molar refractivity (Wildman–Crippen MR) is 83.4 cm³/mol. The molecule has 0 amide bonds. The largest absolute Gasteiger partial charge is 0.504 e. The van der Waals surface area contributed by atoms with Crippen LogP contribution in [0, 0.1) is 0 Å². The third-order valence-corrected chi connectivity index (χ3v) is 3.64. The van der Waals surface area contributed by atoms with Crippen LogP contribution in [-0.4, -0.2) is 10.2 Å². The zero-order valence-electron chi connectivity index (χ0n) is 12.5. The molecule has 0 bridgehead atoms. The van der Waals surface area contributed by atoms with E-state index < -0.39 is 0 Å². The summed E-state index contributed by atoms with van der Waals surface area (Å²) in [6.45, 7) is 8.66. The van der Waals surface area contributed by atoms with Crippen molar-refractivity contribution in [2.24, 2.45) is 0 Å². The zero-order valence-corrected chi connectivity index (χ0v) is 12.5. The fourth-order valence-electron chi connectivity index (χ4n) is 2.71. The first-order valence-electron chi connectivity index (χ1n) is 7.07. The molecule has 106 valence electrons. The molecule has 0 atom stereocenters. The van der Waals surface area contributed by atoms with Crippen molar-refractivity contribution < 1.29 is 10.2 Å². The summed E-state index contributed by atoms with van der Waals surface area (Å²) in [6.07, 6.45) is 0. The van der Waals surface area contributed by atoms with E-state index in [1.54, 1.807) is 6.07 Å². The van der Waals surface area contributed by atoms with E-state index in [1.807, 2.05) is 18.2 Å². The molecule has 0 saturated carbocycles. The van der Waals surface area contributed by atoms with Gasteiger partial charge in [0.15, 0.2) is 11.5 Å². The Hall–Kier alpha value is -1.96. The minimum Gasteiger partial charge on any atom is -0.504 e. The van der Waals surface area contributed by atoms with Gasteiger partial charge >= 0.3 is 0 Å². The van der Waals surface area contributed by atoms with Crippen molar-refractivity contribution in [3.8, 4) is 22.6 Å². The molecule has 2 aromatic rings. The first-order valence-corrected chi connectivity index (χ1v) is 7.07. The lowest BCUT2D eigenvalue weighted by molar-refractivity contribution is 0.405. The van der Waals surface area contributed by atoms with Crippen LogP contribution in [0.4, 0.5) is 0 Å². The SMILES string of the molecule is CC(C)c1cccc(-c2cccc(O)c2O)c1C(C)C. The van der Waals surface area contributed by atoms with Gasteiger partial charge in [-0.15, -0.1) is 0 Å². The maximum Gasteiger partial charge on any atom is 0.165 e. The number of hydrogen-bond acceptors (Lipinski definition) is 2. The lowest BCUT2D eigenvalue weighted by Gasteiger charge is -2.21. The van der Waals surface area contributed by atoms with Crippen LogP contribution >= 0.6 is 0 Å². The van der Waals surface area contributed by atoms with E-state index in [0.29, 0.717) is 17.4 Å². The second-order valence-corrected chi connectivity index (χ2v) is 5.79. The van der Waals surface area contributed by atoms with Crippen LogP contribution < -0.4 is 0 Å². The van der Waals surface area contributed by atoms with E-state index in [1.165, 1.54) is 17.2 Å². The Bertz CT molecular complexity index is 613. The fraction of sp³-hybridized carbons (Fsp3) is 0.333. The highest BCUT2D eigenvalue weighted by Crippen LogP contribution is 2.41. The molecule has 0 fully saturated rings. The van der Waals surface area contributed by atoms with Gasteiger partial charge < -0.3 is 10.2 Å². The summed E-state index contributed by atoms with van der Waals surface area (Å²) in [6, 6.07) is 11.3. The van der Waals surface area contributed by atoms with Gasteiger partial charge in [0, 0.05) is 5.56 Å². The molecule has 2 N–H and O–H groups in total. The van der Waals surface area contributed by atoms with E-state index in [-0.39, 0.29) is 11.5 Å². The van der Waals surface area contributed by atoms with Crippen molar-refractivity contribution >= 4 is 0 Å². The first kappa shape index (κ1) is 14.4. The molecular formula is C18H22O2. The summed E-state index contributed by atoms with van der Waals surface area (Å²) in [7, 11) is 0. The van der Waals surface area contributed by atoms with Crippen molar-refractivity contribution in [2.75, 3.05) is 0 Å². The van der Waals surface area contributed by atoms with Crippen LogP contribution in [0.2, 0.25) is 0 Å². The molecule has 20 heavy (non-hydrogen) atoms. The van der Waals surface area contributed by atoms with Crippen LogP contribution in [-0.2, 0) is 0 Å². The van der Waals surface area contributed by atoms with Gasteiger partial charge in [-0.3, -0.25) is 0 Å². The van der Waals surface area contributed by atoms with Gasteiger partial charge in [-0.1, -0.05) is 58.0 Å². The lowest BCUT2D eigenvalue weighted by atomic mass is 9.84. The molecule has 0 spiro atoms. The molecule has 0 aliphatic carbocycles. The molecule has 0 saturated heterocycles. The fourth-order valence-corrected chi connectivity index (χ4v) is 2.71. The highest BCUT2D eigenvalue weighted by atomic mass is 16.3. The Morgan fingerprint density at radius 1 is 0.750 bits per heavy atom. The van der Waals surface area contributed by atoms with Gasteiger partial charge in [-0.25, -0.2) is 0 Å². The van der Waals surface area contributed by atoms with E-state index in [9.17, 15) is 10.2 Å². The number of para-hydroxylation sites is 1. The zero-order chi connectivity index (χ0) is 14.9. The normalized spacial score (nSPS) is 11.3. The van der Waals surface area contributed by atoms with E-state index in [2.05, 4.69) is 33.8 Å². The number of hydrogen-bond donors (Lipinski definition) is 2. The maximum absolute atomic E-state index is 10.1. The second kappa shape index (κ2) is 5.58. The molecule has 0 radical (unpaired) electrons. The first-order chi connectivity index (χ1) is 9.43. The summed E-state index contributed by atoms with van der Waals surface area (Å²) in [5, 5.41) is 19.9. The van der Waals surface area contributed by atoms with Crippen LogP contribution in [0.3, 0.4) is 0 Å². The minimum atomic E-state index is -0.0767. The Kier molecular flexibility index (Phi) is 4.03. The van der Waals surface area contributed by atoms with Crippen molar-refractivity contribution in [1.82, 2.24) is 0 Å². The minimum absolute atomic E-state index is 0.0460. The van der Waals surface area contributed by atoms with Gasteiger partial charge in [0.1, 0.15) is 0 Å². The molecule has 2 aromatic carbocycles. The molecule has 2 rings (SSSR count). The molecule has 2 heteroatoms. The molecule has 0 unspecified atom stereocenters. The Labute approximate surface area is 120 Å². The van der Waals surface area contributed by atoms with Crippen molar-refractivity contribution in [3.05, 3.63) is 47.5 Å². The summed E-state index contributed by atoms with van der Waals surface area (Å²) in [5.41, 5.74) is 4.22. The summed E-state index contributed by atoms with van der Waals surface area (Å²) < 4.78 is 0. The molecule has 0 aliphatic heterocycles. The third kappa shape index (κ3) is 2.51. The predicted octanol–water partition coefficient (Wildman–Crippen LogP) is 5.01. The second-order valence-electron chi connectivity index (χ2n) is 5.79. The van der Waals surface area contributed by atoms with Gasteiger partial charge in [0.2, 0.25) is 0 Å². The van der Waals surface area contributed by atoms with E-state index in [4.69, 9.17) is 0 Å². The Morgan fingerprint density at radius 2 is 1.35 bits per heavy atom. The van der Waals surface area contributed by atoms with Crippen molar-refractivity contribution in [1.29, 1.82) is 0 Å². The quantitative estimate of drug-likeness (QED) is 0.769. The number of benzene rings is 2. The number of rotatable bonds is 3. The molecule has 0 heterocycles. The average molecular weight is 270 g/mol. The van der Waals surface area contributed by atoms with Gasteiger partial charge in [-0.2, -0.15) is 0 Å². The van der Waals surface area contributed by atoms with Crippen LogP contribution in [0.25, 0.3) is 11.1 Å². The van der Waals surface area contributed by atoms with Gasteiger partial charge in [0.05, 0.1) is 0 Å². The summed E-state index contributed by atoms with van der Waals surface area (Å²) in [4.78, 5) is 0. The number of aromatic hydroxyl groups is 2. The van der Waals surface area contributed by atoms with Crippen LogP contribution in [0.1, 0.15) is 50.7 Å². The van der Waals surface area contributed by atoms with Crippen molar-refractivity contribution in [2.45, 2.75) is 39.5 Å². The third-order valence-electron chi connectivity index (χ3n) is 3.64. The maximum atomic E-state index is 10.1. The number of phenolic OH excluding ortho intramolecular Hbond substituents is 2. The average Bonchev–Trinajstić information content (AvgIpc) is 2.40. The summed E-state index contributed by atoms with van der Waals surface area (Å²) >= 11 is 0. The van der Waals surface area contributed by atoms with E-state index in [0.717, 1.165) is 5.56 Å². The number of phenols is 2. The van der Waals surface area contributed by atoms with Crippen LogP contribution in [0.5, 0.6) is 11.5 Å². The molecule has 0 aliphatic rings. The summed E-state index contributed by atoms with van der Waals surface area (Å²) in [5.74, 6) is 0.652. The Morgan fingerprint density at radius 3 is 1.95 bits per heavy atom. The van der Waals surface area contributed by atoms with Crippen molar-refractivity contribution in [3.63, 3.8) is 0 Å². The highest BCUT2D eigenvalue weighted by Gasteiger charge is 2.18. The van der Waals surface area contributed by atoms with E-state index >= 15 is 0 Å². The topological polar surface area (TPSA) is 40.5 Å². The Balaban J connectivity index is 2.74. The van der Waals surface area contributed by atoms with Gasteiger partial charge in [-0.05, 0) is 34.6 Å². The molecule has 0 aromatic heterocycles. The monoisotopic (exact) mass is 270 g/mol. The highest BCUT2D eigenvalue weighted by molar-refractivity contribution is 5.77. The molecular weight excluding hydrogens is 248 g/mol. The standard InChI is InChI=1S/C18H22O2/c1-11(2)13-7-5-8-14(17(13)12(3)4)15-9-6-10-16(19)18(15)20/h5-12,19-20H,1-4H3. The smallest absolute Gasteiger partial charge is 0.165 e. The lowest BCUT2D eigenvalue weighted by Crippen LogP contribution is -2.01.